The van der Waals surface area contributed by atoms with Gasteiger partial charge in [0.25, 0.3) is 5.56 Å². The summed E-state index contributed by atoms with van der Waals surface area (Å²) in [6, 6.07) is 0.570. The smallest absolute Gasteiger partial charge is 0.337 e. The summed E-state index contributed by atoms with van der Waals surface area (Å²) in [6.07, 6.45) is 0.139. The predicted octanol–water partition coefficient (Wildman–Crippen LogP) is 0.0370. The molecular formula is C11H11NO7. The van der Waals surface area contributed by atoms with Gasteiger partial charge in [0.05, 0.1) is 5.56 Å². The number of rotatable bonds is 6. The highest BCUT2D eigenvalue weighted by Crippen LogP contribution is 2.13. The zero-order valence-corrected chi connectivity index (χ0v) is 9.65. The van der Waals surface area contributed by atoms with Crippen molar-refractivity contribution in [2.45, 2.75) is 18.9 Å². The van der Waals surface area contributed by atoms with Crippen LogP contribution in [-0.2, 0) is 9.59 Å². The number of hydrogen-bond acceptors (Lipinski definition) is 4. The van der Waals surface area contributed by atoms with Gasteiger partial charge in [-0.1, -0.05) is 0 Å². The summed E-state index contributed by atoms with van der Waals surface area (Å²) in [6.45, 7) is 0. The number of pyridine rings is 1. The van der Waals surface area contributed by atoms with Crippen molar-refractivity contribution in [3.8, 4) is 0 Å². The van der Waals surface area contributed by atoms with Gasteiger partial charge < -0.3 is 19.9 Å². The number of hydrogen-bond donors (Lipinski definition) is 3. The first-order valence-corrected chi connectivity index (χ1v) is 5.23. The molecule has 0 fully saturated rings. The molecule has 1 atom stereocenters. The summed E-state index contributed by atoms with van der Waals surface area (Å²) in [5.74, 6) is -3.91. The molecule has 0 bridgehead atoms. The Bertz CT molecular complexity index is 575. The Balaban J connectivity index is 3.18. The maximum Gasteiger partial charge on any atom is 0.337 e. The molecule has 1 aromatic heterocycles. The molecule has 0 saturated carbocycles. The first-order valence-electron chi connectivity index (χ1n) is 5.23. The molecule has 1 rings (SSSR count). The van der Waals surface area contributed by atoms with Crippen LogP contribution in [-0.4, -0.2) is 37.8 Å². The normalized spacial score (nSPS) is 11.8. The summed E-state index contributed by atoms with van der Waals surface area (Å²) in [5, 5.41) is 26.3. The molecule has 0 amide bonds. The van der Waals surface area contributed by atoms with Crippen molar-refractivity contribution < 1.29 is 29.7 Å². The molecular weight excluding hydrogens is 258 g/mol. The number of aliphatic carboxylic acids is 2. The minimum Gasteiger partial charge on any atom is -0.481 e. The third kappa shape index (κ3) is 3.66. The molecule has 1 heterocycles. The van der Waals surface area contributed by atoms with Crippen molar-refractivity contribution in [2.75, 3.05) is 0 Å². The molecule has 1 aromatic rings. The molecule has 0 spiro atoms. The highest BCUT2D eigenvalue weighted by molar-refractivity contribution is 5.87. The molecule has 3 N–H and O–H groups in total. The van der Waals surface area contributed by atoms with E-state index in [2.05, 4.69) is 0 Å². The average molecular weight is 269 g/mol. The number of carbonyl (C=O) groups is 3. The monoisotopic (exact) mass is 269 g/mol. The number of aromatic nitrogens is 1. The molecule has 19 heavy (non-hydrogen) atoms. The van der Waals surface area contributed by atoms with Crippen LogP contribution in [0, 0.1) is 0 Å². The minimum atomic E-state index is -1.41. The van der Waals surface area contributed by atoms with Crippen molar-refractivity contribution in [1.82, 2.24) is 4.57 Å². The highest BCUT2D eigenvalue weighted by Gasteiger charge is 2.22. The summed E-state index contributed by atoms with van der Waals surface area (Å²) < 4.78 is 0.717. The van der Waals surface area contributed by atoms with E-state index in [0.29, 0.717) is 4.57 Å². The number of aromatic carboxylic acids is 1. The van der Waals surface area contributed by atoms with Crippen molar-refractivity contribution in [1.29, 1.82) is 0 Å². The van der Waals surface area contributed by atoms with Gasteiger partial charge in [0.2, 0.25) is 0 Å². The van der Waals surface area contributed by atoms with Crippen molar-refractivity contribution >= 4 is 17.9 Å². The van der Waals surface area contributed by atoms with Crippen molar-refractivity contribution in [3.63, 3.8) is 0 Å². The topological polar surface area (TPSA) is 134 Å². The lowest BCUT2D eigenvalue weighted by molar-refractivity contribution is -0.142. The third-order valence-corrected chi connectivity index (χ3v) is 2.44. The third-order valence-electron chi connectivity index (χ3n) is 2.44. The van der Waals surface area contributed by atoms with E-state index in [1.807, 2.05) is 0 Å². The Morgan fingerprint density at radius 2 is 1.79 bits per heavy atom. The molecule has 0 aliphatic heterocycles. The van der Waals surface area contributed by atoms with Gasteiger partial charge in [-0.15, -0.1) is 0 Å². The Hall–Kier alpha value is -2.64. The first-order chi connectivity index (χ1) is 8.82. The van der Waals surface area contributed by atoms with Gasteiger partial charge >= 0.3 is 17.9 Å². The minimum absolute atomic E-state index is 0.249. The van der Waals surface area contributed by atoms with Gasteiger partial charge in [0.15, 0.2) is 0 Å². The zero-order chi connectivity index (χ0) is 14.6. The largest absolute Gasteiger partial charge is 0.481 e. The molecule has 0 aliphatic carbocycles. The van der Waals surface area contributed by atoms with Crippen LogP contribution in [0.3, 0.4) is 0 Å². The molecule has 0 radical (unpaired) electrons. The SMILES string of the molecule is O=C(O)CC[C@H](C(=O)O)n1cc(C(=O)O)ccc1=O. The van der Waals surface area contributed by atoms with Gasteiger partial charge in [0.1, 0.15) is 6.04 Å². The summed E-state index contributed by atoms with van der Waals surface area (Å²) in [4.78, 5) is 43.8. The second-order valence-corrected chi connectivity index (χ2v) is 3.75. The zero-order valence-electron chi connectivity index (χ0n) is 9.65. The van der Waals surface area contributed by atoms with Gasteiger partial charge in [-0.2, -0.15) is 0 Å². The Labute approximate surface area is 106 Å². The fourth-order valence-corrected chi connectivity index (χ4v) is 1.52. The number of carboxylic acids is 3. The summed E-state index contributed by atoms with van der Waals surface area (Å²) >= 11 is 0. The average Bonchev–Trinajstić information content (AvgIpc) is 2.30. The van der Waals surface area contributed by atoms with Crippen LogP contribution in [0.15, 0.2) is 23.1 Å². The van der Waals surface area contributed by atoms with Crippen molar-refractivity contribution in [3.05, 3.63) is 34.2 Å². The number of nitrogens with zero attached hydrogens (tertiary/aromatic N) is 1. The van der Waals surface area contributed by atoms with E-state index in [4.69, 9.17) is 15.3 Å². The molecule has 102 valence electrons. The Morgan fingerprint density at radius 1 is 1.16 bits per heavy atom. The van der Waals surface area contributed by atoms with E-state index in [0.717, 1.165) is 18.3 Å². The summed E-state index contributed by atoms with van der Waals surface area (Å²) in [7, 11) is 0. The second kappa shape index (κ2) is 5.80. The fourth-order valence-electron chi connectivity index (χ4n) is 1.52. The lowest BCUT2D eigenvalue weighted by Gasteiger charge is -2.14. The van der Waals surface area contributed by atoms with Crippen LogP contribution in [0.4, 0.5) is 0 Å². The van der Waals surface area contributed by atoms with E-state index in [1.54, 1.807) is 0 Å². The van der Waals surface area contributed by atoms with Crippen LogP contribution in [0.25, 0.3) is 0 Å². The van der Waals surface area contributed by atoms with Gasteiger partial charge in [-0.25, -0.2) is 9.59 Å². The van der Waals surface area contributed by atoms with Crippen LogP contribution in [0.1, 0.15) is 29.2 Å². The first kappa shape index (κ1) is 14.4. The molecule has 8 heteroatoms. The lowest BCUT2D eigenvalue weighted by Crippen LogP contribution is -2.30. The fraction of sp³-hybridized carbons (Fsp3) is 0.273. The van der Waals surface area contributed by atoms with Gasteiger partial charge in [0, 0.05) is 18.7 Å². The molecule has 0 aromatic carbocycles. The Morgan fingerprint density at radius 3 is 2.26 bits per heavy atom. The maximum atomic E-state index is 11.5. The molecule has 0 unspecified atom stereocenters. The van der Waals surface area contributed by atoms with Gasteiger partial charge in [-0.05, 0) is 12.5 Å². The van der Waals surface area contributed by atoms with Gasteiger partial charge in [-0.3, -0.25) is 9.59 Å². The molecule has 8 nitrogen and oxygen atoms in total. The quantitative estimate of drug-likeness (QED) is 0.663. The highest BCUT2D eigenvalue weighted by atomic mass is 16.4. The molecule has 0 aliphatic rings. The van der Waals surface area contributed by atoms with Crippen molar-refractivity contribution in [2.24, 2.45) is 0 Å². The maximum absolute atomic E-state index is 11.5. The number of carboxylic acid groups (broad SMARTS) is 3. The van der Waals surface area contributed by atoms with Crippen LogP contribution >= 0.6 is 0 Å². The van der Waals surface area contributed by atoms with E-state index in [-0.39, 0.29) is 12.0 Å². The van der Waals surface area contributed by atoms with Crippen LogP contribution in [0.2, 0.25) is 0 Å². The van der Waals surface area contributed by atoms with Crippen LogP contribution < -0.4 is 5.56 Å². The Kier molecular flexibility index (Phi) is 4.41. The van der Waals surface area contributed by atoms with Crippen LogP contribution in [0.5, 0.6) is 0 Å². The van der Waals surface area contributed by atoms with E-state index in [1.165, 1.54) is 0 Å². The predicted molar refractivity (Wildman–Crippen MR) is 61.2 cm³/mol. The van der Waals surface area contributed by atoms with E-state index in [9.17, 15) is 19.2 Å². The lowest BCUT2D eigenvalue weighted by atomic mass is 10.1. The second-order valence-electron chi connectivity index (χ2n) is 3.75. The standard InChI is InChI=1S/C11H11NO7/c13-8-3-1-6(10(16)17)5-12(8)7(11(18)19)2-4-9(14)15/h1,3,5,7H,2,4H2,(H,14,15)(H,16,17)(H,18,19)/t7-/m1/s1. The van der Waals surface area contributed by atoms with E-state index >= 15 is 0 Å². The molecule has 0 saturated heterocycles. The van der Waals surface area contributed by atoms with E-state index < -0.39 is 35.9 Å². The summed E-state index contributed by atoms with van der Waals surface area (Å²) in [5.41, 5.74) is -0.955.